The van der Waals surface area contributed by atoms with Gasteiger partial charge in [0.2, 0.25) is 0 Å². The molecule has 1 N–H and O–H groups in total. The average Bonchev–Trinajstić information content (AvgIpc) is 2.42. The Morgan fingerprint density at radius 2 is 1.95 bits per heavy atom. The molecule has 20 heavy (non-hydrogen) atoms. The van der Waals surface area contributed by atoms with E-state index in [9.17, 15) is 0 Å². The lowest BCUT2D eigenvalue weighted by Gasteiger charge is -2.09. The zero-order chi connectivity index (χ0) is 14.4. The molecule has 0 aliphatic rings. The highest BCUT2D eigenvalue weighted by Gasteiger charge is 1.98. The second-order valence-electron chi connectivity index (χ2n) is 4.93. The molecule has 0 bridgehead atoms. The van der Waals surface area contributed by atoms with Gasteiger partial charge in [0.05, 0.1) is 0 Å². The molecular weight excluding hydrogens is 314 g/mol. The van der Waals surface area contributed by atoms with Crippen LogP contribution in [0.25, 0.3) is 0 Å². The fraction of sp³-hybridized carbons (Fsp3) is 0.294. The maximum absolute atomic E-state index is 5.70. The molecule has 0 aromatic heterocycles. The summed E-state index contributed by atoms with van der Waals surface area (Å²) in [6.07, 6.45) is 0. The summed E-state index contributed by atoms with van der Waals surface area (Å²) in [5.74, 6) is 0.935. The van der Waals surface area contributed by atoms with Crippen LogP contribution in [0, 0.1) is 13.8 Å². The molecule has 3 heteroatoms. The predicted molar refractivity (Wildman–Crippen MR) is 87.3 cm³/mol. The van der Waals surface area contributed by atoms with Crippen LogP contribution in [0.1, 0.15) is 16.7 Å². The van der Waals surface area contributed by atoms with Crippen LogP contribution in [-0.4, -0.2) is 13.2 Å². The van der Waals surface area contributed by atoms with Gasteiger partial charge in [0, 0.05) is 17.6 Å². The van der Waals surface area contributed by atoms with Gasteiger partial charge in [-0.3, -0.25) is 0 Å². The molecule has 2 nitrogen and oxygen atoms in total. The largest absolute Gasteiger partial charge is 0.492 e. The van der Waals surface area contributed by atoms with Crippen LogP contribution in [0.15, 0.2) is 46.9 Å². The van der Waals surface area contributed by atoms with Crippen LogP contribution in [0.3, 0.4) is 0 Å². The lowest BCUT2D eigenvalue weighted by Crippen LogP contribution is -2.20. The van der Waals surface area contributed by atoms with Gasteiger partial charge in [-0.1, -0.05) is 40.2 Å². The van der Waals surface area contributed by atoms with Gasteiger partial charge < -0.3 is 10.1 Å². The summed E-state index contributed by atoms with van der Waals surface area (Å²) in [5.41, 5.74) is 3.76. The van der Waals surface area contributed by atoms with E-state index in [1.807, 2.05) is 12.1 Å². The molecule has 0 atom stereocenters. The molecule has 2 aromatic rings. The van der Waals surface area contributed by atoms with Gasteiger partial charge >= 0.3 is 0 Å². The van der Waals surface area contributed by atoms with Crippen molar-refractivity contribution in [2.45, 2.75) is 20.4 Å². The first-order valence-electron chi connectivity index (χ1n) is 6.80. The van der Waals surface area contributed by atoms with Gasteiger partial charge in [-0.05, 0) is 48.7 Å². The third-order valence-electron chi connectivity index (χ3n) is 3.10. The molecule has 0 spiro atoms. The van der Waals surface area contributed by atoms with E-state index in [-0.39, 0.29) is 0 Å². The van der Waals surface area contributed by atoms with Crippen molar-refractivity contribution in [2.75, 3.05) is 13.2 Å². The van der Waals surface area contributed by atoms with Crippen LogP contribution in [0.5, 0.6) is 5.75 Å². The number of ether oxygens (including phenoxy) is 1. The molecule has 0 aliphatic heterocycles. The van der Waals surface area contributed by atoms with Gasteiger partial charge in [0.1, 0.15) is 12.4 Å². The zero-order valence-corrected chi connectivity index (χ0v) is 13.5. The Morgan fingerprint density at radius 1 is 1.10 bits per heavy atom. The van der Waals surface area contributed by atoms with Crippen molar-refractivity contribution < 1.29 is 4.74 Å². The fourth-order valence-corrected chi connectivity index (χ4v) is 2.35. The Kier molecular flexibility index (Phi) is 5.62. The van der Waals surface area contributed by atoms with Crippen molar-refractivity contribution >= 4 is 15.9 Å². The normalized spacial score (nSPS) is 10.6. The Bertz CT molecular complexity index is 569. The van der Waals surface area contributed by atoms with Gasteiger partial charge in [-0.2, -0.15) is 0 Å². The van der Waals surface area contributed by atoms with E-state index < -0.39 is 0 Å². The van der Waals surface area contributed by atoms with E-state index in [0.29, 0.717) is 6.61 Å². The maximum atomic E-state index is 5.70. The van der Waals surface area contributed by atoms with E-state index >= 15 is 0 Å². The number of benzene rings is 2. The quantitative estimate of drug-likeness (QED) is 0.798. The first kappa shape index (κ1) is 15.1. The van der Waals surface area contributed by atoms with Crippen LogP contribution < -0.4 is 10.1 Å². The molecule has 0 saturated carbocycles. The summed E-state index contributed by atoms with van der Waals surface area (Å²) in [6, 6.07) is 14.6. The van der Waals surface area contributed by atoms with Crippen molar-refractivity contribution in [1.82, 2.24) is 5.32 Å². The summed E-state index contributed by atoms with van der Waals surface area (Å²) in [6.45, 7) is 6.53. The molecule has 0 heterocycles. The van der Waals surface area contributed by atoms with Gasteiger partial charge in [0.25, 0.3) is 0 Å². The average molecular weight is 334 g/mol. The highest BCUT2D eigenvalue weighted by molar-refractivity contribution is 9.10. The minimum absolute atomic E-state index is 0.677. The third-order valence-corrected chi connectivity index (χ3v) is 3.96. The fourth-order valence-electron chi connectivity index (χ4n) is 1.93. The van der Waals surface area contributed by atoms with Crippen LogP contribution in [0.4, 0.5) is 0 Å². The van der Waals surface area contributed by atoms with Crippen molar-refractivity contribution in [2.24, 2.45) is 0 Å². The standard InChI is InChI=1S/C17H20BrNO/c1-13-4-3-5-16(10-13)20-9-8-19-12-15-7-6-14(2)17(18)11-15/h3-7,10-11,19H,8-9,12H2,1-2H3. The van der Waals surface area contributed by atoms with E-state index in [4.69, 9.17) is 4.74 Å². The van der Waals surface area contributed by atoms with Crippen LogP contribution in [0.2, 0.25) is 0 Å². The first-order valence-corrected chi connectivity index (χ1v) is 7.59. The Hall–Kier alpha value is -1.32. The van der Waals surface area contributed by atoms with E-state index in [1.54, 1.807) is 0 Å². The smallest absolute Gasteiger partial charge is 0.119 e. The Labute approximate surface area is 129 Å². The van der Waals surface area contributed by atoms with Crippen molar-refractivity contribution in [3.63, 3.8) is 0 Å². The SMILES string of the molecule is Cc1cccc(OCCNCc2ccc(C)c(Br)c2)c1. The minimum atomic E-state index is 0.677. The maximum Gasteiger partial charge on any atom is 0.119 e. The number of aryl methyl sites for hydroxylation is 2. The second-order valence-corrected chi connectivity index (χ2v) is 5.78. The summed E-state index contributed by atoms with van der Waals surface area (Å²) >= 11 is 3.55. The number of nitrogens with one attached hydrogen (secondary N) is 1. The van der Waals surface area contributed by atoms with E-state index in [1.165, 1.54) is 16.7 Å². The molecule has 2 rings (SSSR count). The molecular formula is C17H20BrNO. The van der Waals surface area contributed by atoms with Crippen LogP contribution in [-0.2, 0) is 6.54 Å². The summed E-state index contributed by atoms with van der Waals surface area (Å²) in [4.78, 5) is 0. The molecule has 2 aromatic carbocycles. The molecule has 106 valence electrons. The summed E-state index contributed by atoms with van der Waals surface area (Å²) in [7, 11) is 0. The molecule has 0 fully saturated rings. The van der Waals surface area contributed by atoms with Crippen molar-refractivity contribution in [3.05, 3.63) is 63.6 Å². The van der Waals surface area contributed by atoms with Crippen LogP contribution >= 0.6 is 15.9 Å². The predicted octanol–water partition coefficient (Wildman–Crippen LogP) is 4.23. The summed E-state index contributed by atoms with van der Waals surface area (Å²) in [5, 5.41) is 3.39. The van der Waals surface area contributed by atoms with E-state index in [0.717, 1.165) is 23.3 Å². The minimum Gasteiger partial charge on any atom is -0.492 e. The second kappa shape index (κ2) is 7.46. The van der Waals surface area contributed by atoms with Gasteiger partial charge in [0.15, 0.2) is 0 Å². The topological polar surface area (TPSA) is 21.3 Å². The zero-order valence-electron chi connectivity index (χ0n) is 11.9. The lowest BCUT2D eigenvalue weighted by atomic mass is 10.1. The number of rotatable bonds is 6. The monoisotopic (exact) mass is 333 g/mol. The van der Waals surface area contributed by atoms with Gasteiger partial charge in [-0.15, -0.1) is 0 Å². The molecule has 0 unspecified atom stereocenters. The number of hydrogen-bond acceptors (Lipinski definition) is 2. The lowest BCUT2D eigenvalue weighted by molar-refractivity contribution is 0.313. The van der Waals surface area contributed by atoms with Gasteiger partial charge in [-0.25, -0.2) is 0 Å². The van der Waals surface area contributed by atoms with Crippen molar-refractivity contribution in [3.8, 4) is 5.75 Å². The first-order chi connectivity index (χ1) is 9.65. The molecule has 0 saturated heterocycles. The Balaban J connectivity index is 1.70. The Morgan fingerprint density at radius 3 is 2.70 bits per heavy atom. The molecule has 0 radical (unpaired) electrons. The number of hydrogen-bond donors (Lipinski definition) is 1. The van der Waals surface area contributed by atoms with E-state index in [2.05, 4.69) is 65.4 Å². The number of halogens is 1. The molecule has 0 amide bonds. The highest BCUT2D eigenvalue weighted by Crippen LogP contribution is 2.17. The third kappa shape index (κ3) is 4.66. The summed E-state index contributed by atoms with van der Waals surface area (Å²) < 4.78 is 6.86. The molecule has 0 aliphatic carbocycles. The highest BCUT2D eigenvalue weighted by atomic mass is 79.9. The van der Waals surface area contributed by atoms with Crippen molar-refractivity contribution in [1.29, 1.82) is 0 Å².